The van der Waals surface area contributed by atoms with Gasteiger partial charge in [-0.05, 0) is 37.1 Å². The second-order valence-electron chi connectivity index (χ2n) is 7.01. The van der Waals surface area contributed by atoms with Crippen LogP contribution >= 0.6 is 11.8 Å². The molecule has 1 amide bonds. The second kappa shape index (κ2) is 8.95. The molecular weight excluding hydrogens is 398 g/mol. The van der Waals surface area contributed by atoms with Gasteiger partial charge in [0.2, 0.25) is 15.9 Å². The number of thioether (sulfide) groups is 1. The van der Waals surface area contributed by atoms with Gasteiger partial charge >= 0.3 is 0 Å². The summed E-state index contributed by atoms with van der Waals surface area (Å²) in [6.07, 6.45) is 6.86. The standard InChI is InChI=1S/C18H25N5O3S2/c1-23-17(13-8-10-15(11-9-13)22-28(2,25)26)20-21-18(23)27-12-16(24)19-14-6-4-3-5-7-14/h8-11,14,22H,3-7,12H2,1-2H3,(H,19,24). The Kier molecular flexibility index (Phi) is 6.61. The van der Waals surface area contributed by atoms with Gasteiger partial charge in [0, 0.05) is 24.3 Å². The summed E-state index contributed by atoms with van der Waals surface area (Å²) in [7, 11) is -1.46. The van der Waals surface area contributed by atoms with Crippen LogP contribution in [0.1, 0.15) is 32.1 Å². The van der Waals surface area contributed by atoms with Crippen LogP contribution in [0.5, 0.6) is 0 Å². The van der Waals surface area contributed by atoms with E-state index in [0.29, 0.717) is 28.5 Å². The summed E-state index contributed by atoms with van der Waals surface area (Å²) < 4.78 is 26.8. The summed E-state index contributed by atoms with van der Waals surface area (Å²) in [4.78, 5) is 12.2. The number of nitrogens with one attached hydrogen (secondary N) is 2. The van der Waals surface area contributed by atoms with Gasteiger partial charge in [-0.3, -0.25) is 9.52 Å². The minimum absolute atomic E-state index is 0.0256. The van der Waals surface area contributed by atoms with E-state index in [9.17, 15) is 13.2 Å². The number of aromatic nitrogens is 3. The number of sulfonamides is 1. The molecule has 1 aromatic carbocycles. The van der Waals surface area contributed by atoms with Crippen molar-refractivity contribution in [3.63, 3.8) is 0 Å². The third-order valence-corrected chi connectivity index (χ3v) is 6.21. The molecule has 2 aromatic rings. The fraction of sp³-hybridized carbons (Fsp3) is 0.500. The summed E-state index contributed by atoms with van der Waals surface area (Å²) in [5, 5.41) is 12.1. The molecule has 0 saturated heterocycles. The third kappa shape index (κ3) is 5.71. The maximum absolute atomic E-state index is 12.2. The molecule has 1 aromatic heterocycles. The largest absolute Gasteiger partial charge is 0.353 e. The number of anilines is 1. The van der Waals surface area contributed by atoms with Crippen molar-refractivity contribution in [2.24, 2.45) is 7.05 Å². The highest BCUT2D eigenvalue weighted by Gasteiger charge is 2.17. The number of carbonyl (C=O) groups excluding carboxylic acids is 1. The number of rotatable bonds is 7. The van der Waals surface area contributed by atoms with E-state index in [-0.39, 0.29) is 5.91 Å². The number of benzene rings is 1. The van der Waals surface area contributed by atoms with E-state index in [4.69, 9.17) is 0 Å². The normalized spacial score (nSPS) is 15.4. The molecule has 152 valence electrons. The lowest BCUT2D eigenvalue weighted by molar-refractivity contribution is -0.119. The van der Waals surface area contributed by atoms with Crippen LogP contribution in [0, 0.1) is 0 Å². The molecule has 1 aliphatic rings. The lowest BCUT2D eigenvalue weighted by Crippen LogP contribution is -2.37. The van der Waals surface area contributed by atoms with Crippen LogP contribution in [0.4, 0.5) is 5.69 Å². The zero-order valence-electron chi connectivity index (χ0n) is 16.0. The van der Waals surface area contributed by atoms with Gasteiger partial charge in [-0.25, -0.2) is 8.42 Å². The van der Waals surface area contributed by atoms with Crippen molar-refractivity contribution in [1.29, 1.82) is 0 Å². The maximum atomic E-state index is 12.2. The van der Waals surface area contributed by atoms with E-state index in [2.05, 4.69) is 20.2 Å². The van der Waals surface area contributed by atoms with E-state index < -0.39 is 10.0 Å². The van der Waals surface area contributed by atoms with Gasteiger partial charge in [0.15, 0.2) is 11.0 Å². The molecule has 1 aliphatic carbocycles. The van der Waals surface area contributed by atoms with Crippen LogP contribution in [-0.4, -0.2) is 47.1 Å². The average molecular weight is 424 g/mol. The molecule has 8 nitrogen and oxygen atoms in total. The SMILES string of the molecule is Cn1c(SCC(=O)NC2CCCCC2)nnc1-c1ccc(NS(C)(=O)=O)cc1. The van der Waals surface area contributed by atoms with Gasteiger partial charge in [-0.15, -0.1) is 10.2 Å². The monoisotopic (exact) mass is 423 g/mol. The van der Waals surface area contributed by atoms with Crippen LogP contribution < -0.4 is 10.0 Å². The molecule has 28 heavy (non-hydrogen) atoms. The second-order valence-corrected chi connectivity index (χ2v) is 9.70. The Morgan fingerprint density at radius 1 is 1.18 bits per heavy atom. The summed E-state index contributed by atoms with van der Waals surface area (Å²) in [6.45, 7) is 0. The Hall–Kier alpha value is -2.07. The first-order valence-electron chi connectivity index (χ1n) is 9.21. The van der Waals surface area contributed by atoms with Crippen LogP contribution in [0.3, 0.4) is 0 Å². The Bertz CT molecular complexity index is 919. The summed E-state index contributed by atoms with van der Waals surface area (Å²) >= 11 is 1.36. The molecule has 0 atom stereocenters. The number of carbonyl (C=O) groups is 1. The van der Waals surface area contributed by atoms with E-state index in [1.165, 1.54) is 31.0 Å². The van der Waals surface area contributed by atoms with Crippen molar-refractivity contribution < 1.29 is 13.2 Å². The Morgan fingerprint density at radius 3 is 2.50 bits per heavy atom. The number of amides is 1. The topological polar surface area (TPSA) is 106 Å². The first-order valence-corrected chi connectivity index (χ1v) is 12.1. The highest BCUT2D eigenvalue weighted by Crippen LogP contribution is 2.24. The molecule has 0 bridgehead atoms. The van der Waals surface area contributed by atoms with Crippen LogP contribution in [0.15, 0.2) is 29.4 Å². The van der Waals surface area contributed by atoms with E-state index in [1.54, 1.807) is 24.3 Å². The Morgan fingerprint density at radius 2 is 1.86 bits per heavy atom. The van der Waals surface area contributed by atoms with Crippen molar-refractivity contribution in [2.75, 3.05) is 16.7 Å². The predicted octanol–water partition coefficient (Wildman–Crippen LogP) is 2.39. The van der Waals surface area contributed by atoms with Gasteiger partial charge in [-0.1, -0.05) is 31.0 Å². The number of nitrogens with zero attached hydrogens (tertiary/aromatic N) is 3. The van der Waals surface area contributed by atoms with Crippen LogP contribution in [0.2, 0.25) is 0 Å². The minimum atomic E-state index is -3.31. The predicted molar refractivity (Wildman–Crippen MR) is 111 cm³/mol. The molecule has 0 spiro atoms. The van der Waals surface area contributed by atoms with Crippen molar-refractivity contribution in [2.45, 2.75) is 43.3 Å². The Balaban J connectivity index is 1.59. The lowest BCUT2D eigenvalue weighted by atomic mass is 9.95. The van der Waals surface area contributed by atoms with Crippen molar-refractivity contribution in [3.05, 3.63) is 24.3 Å². The number of hydrogen-bond donors (Lipinski definition) is 2. The molecule has 10 heteroatoms. The van der Waals surface area contributed by atoms with Crippen LogP contribution in [0.25, 0.3) is 11.4 Å². The van der Waals surface area contributed by atoms with Crippen molar-refractivity contribution in [3.8, 4) is 11.4 Å². The summed E-state index contributed by atoms with van der Waals surface area (Å²) in [6, 6.07) is 7.21. The van der Waals surface area contributed by atoms with Crippen LogP contribution in [-0.2, 0) is 21.9 Å². The zero-order valence-corrected chi connectivity index (χ0v) is 17.6. The molecule has 3 rings (SSSR count). The highest BCUT2D eigenvalue weighted by molar-refractivity contribution is 7.99. The fourth-order valence-corrected chi connectivity index (χ4v) is 4.53. The molecule has 1 heterocycles. The van der Waals surface area contributed by atoms with Gasteiger partial charge in [0.1, 0.15) is 0 Å². The Labute approximate surface area is 169 Å². The van der Waals surface area contributed by atoms with Gasteiger partial charge in [-0.2, -0.15) is 0 Å². The first-order chi connectivity index (χ1) is 13.3. The van der Waals surface area contributed by atoms with E-state index in [1.807, 2.05) is 11.6 Å². The van der Waals surface area contributed by atoms with Crippen molar-refractivity contribution in [1.82, 2.24) is 20.1 Å². The summed E-state index contributed by atoms with van der Waals surface area (Å²) in [5.41, 5.74) is 1.30. The highest BCUT2D eigenvalue weighted by atomic mass is 32.2. The van der Waals surface area contributed by atoms with Gasteiger partial charge in [0.25, 0.3) is 0 Å². The fourth-order valence-electron chi connectivity index (χ4n) is 3.24. The van der Waals surface area contributed by atoms with Gasteiger partial charge in [0.05, 0.1) is 12.0 Å². The van der Waals surface area contributed by atoms with E-state index in [0.717, 1.165) is 24.7 Å². The minimum Gasteiger partial charge on any atom is -0.353 e. The molecular formula is C18H25N5O3S2. The molecule has 0 radical (unpaired) electrons. The third-order valence-electron chi connectivity index (χ3n) is 4.58. The quantitative estimate of drug-likeness (QED) is 0.663. The smallest absolute Gasteiger partial charge is 0.230 e. The molecule has 1 fully saturated rings. The van der Waals surface area contributed by atoms with Crippen molar-refractivity contribution >= 4 is 33.4 Å². The summed E-state index contributed by atoms with van der Waals surface area (Å²) in [5.74, 6) is 0.985. The average Bonchev–Trinajstić information content (AvgIpc) is 3.01. The van der Waals surface area contributed by atoms with E-state index >= 15 is 0 Å². The molecule has 0 aliphatic heterocycles. The maximum Gasteiger partial charge on any atom is 0.230 e. The number of hydrogen-bond acceptors (Lipinski definition) is 6. The molecule has 0 unspecified atom stereocenters. The van der Waals surface area contributed by atoms with Gasteiger partial charge < -0.3 is 9.88 Å². The molecule has 1 saturated carbocycles. The molecule has 2 N–H and O–H groups in total. The first kappa shape index (κ1) is 20.7. The lowest BCUT2D eigenvalue weighted by Gasteiger charge is -2.22. The zero-order chi connectivity index (χ0) is 20.1.